The number of pyridine rings is 1. The Morgan fingerprint density at radius 3 is 2.56 bits per heavy atom. The van der Waals surface area contributed by atoms with Crippen LogP contribution in [-0.4, -0.2) is 60.6 Å². The molecule has 1 saturated heterocycles. The zero-order valence-corrected chi connectivity index (χ0v) is 24.8. The standard InChI is InChI=1S/C31H43F2N3O4S/c1-39-26(37)14-19-6-5-11-36(18-19)25-10-9-24(29(34-25)41-23-7-3-2-4-8-23)28(38)35-27-21-12-20-13-22(27)17-31(15-20,16-21)40-30(32)33/h9-10,19-23,27,30H,2-8,11-18H2,1H3,(H,35,38)/t19-,20?,21?,22?,27-,31+/m0/s1. The molecule has 6 fully saturated rings. The van der Waals surface area contributed by atoms with Crippen molar-refractivity contribution in [2.45, 2.75) is 112 Å². The van der Waals surface area contributed by atoms with Crippen LogP contribution in [-0.2, 0) is 14.3 Å². The SMILES string of the molecule is COC(=O)C[C@@H]1CCCN(c2ccc(C(=O)N[C@H]3C4CC5CC3C[C@@](OC(F)F)(C5)C4)c(SC3CCCCC3)n2)C1. The predicted molar refractivity (Wildman–Crippen MR) is 153 cm³/mol. The van der Waals surface area contributed by atoms with Crippen LogP contribution in [0.1, 0.15) is 93.8 Å². The zero-order chi connectivity index (χ0) is 28.6. The lowest BCUT2D eigenvalue weighted by Crippen LogP contribution is -2.62. The molecular weight excluding hydrogens is 548 g/mol. The first-order valence-corrected chi connectivity index (χ1v) is 16.4. The molecule has 10 heteroatoms. The summed E-state index contributed by atoms with van der Waals surface area (Å²) in [6, 6.07) is 3.86. The molecule has 1 aromatic rings. The Hall–Kier alpha value is -1.94. The normalized spacial score (nSPS) is 33.3. The molecular formula is C31H43F2N3O4S. The van der Waals surface area contributed by atoms with Crippen molar-refractivity contribution in [1.82, 2.24) is 10.3 Å². The Morgan fingerprint density at radius 1 is 1.10 bits per heavy atom. The number of thioether (sulfide) groups is 1. The highest BCUT2D eigenvalue weighted by molar-refractivity contribution is 7.99. The van der Waals surface area contributed by atoms with E-state index in [1.54, 1.807) is 11.8 Å². The molecule has 2 unspecified atom stereocenters. The van der Waals surface area contributed by atoms with E-state index in [-0.39, 0.29) is 35.7 Å². The van der Waals surface area contributed by atoms with Crippen molar-refractivity contribution in [2.24, 2.45) is 23.7 Å². The third kappa shape index (κ3) is 6.53. The number of esters is 1. The van der Waals surface area contributed by atoms with Crippen LogP contribution in [0, 0.1) is 23.7 Å². The maximum Gasteiger partial charge on any atom is 0.345 e. The maximum atomic E-state index is 13.9. The fraction of sp³-hybridized carbons (Fsp3) is 0.774. The van der Waals surface area contributed by atoms with Gasteiger partial charge in [0.15, 0.2) is 0 Å². The first kappa shape index (κ1) is 29.1. The third-order valence-corrected chi connectivity index (χ3v) is 11.6. The van der Waals surface area contributed by atoms with Crippen LogP contribution in [0.5, 0.6) is 0 Å². The molecule has 5 saturated carbocycles. The molecule has 1 aromatic heterocycles. The number of methoxy groups -OCH3 is 1. The topological polar surface area (TPSA) is 80.8 Å². The van der Waals surface area contributed by atoms with E-state index in [1.165, 1.54) is 26.4 Å². The summed E-state index contributed by atoms with van der Waals surface area (Å²) in [7, 11) is 1.43. The van der Waals surface area contributed by atoms with E-state index in [2.05, 4.69) is 10.2 Å². The molecule has 2 heterocycles. The summed E-state index contributed by atoms with van der Waals surface area (Å²) in [5, 5.41) is 4.58. The molecule has 3 atom stereocenters. The van der Waals surface area contributed by atoms with Crippen molar-refractivity contribution in [2.75, 3.05) is 25.1 Å². The maximum absolute atomic E-state index is 13.9. The smallest absolute Gasteiger partial charge is 0.345 e. The molecule has 1 aliphatic heterocycles. The van der Waals surface area contributed by atoms with Gasteiger partial charge in [0.1, 0.15) is 10.8 Å². The number of carbonyl (C=O) groups is 2. The fourth-order valence-corrected chi connectivity index (χ4v) is 10.0. The summed E-state index contributed by atoms with van der Waals surface area (Å²) < 4.78 is 36.6. The molecule has 7 rings (SSSR count). The number of nitrogens with one attached hydrogen (secondary N) is 1. The van der Waals surface area contributed by atoms with Crippen LogP contribution in [0.25, 0.3) is 0 Å². The number of hydrogen-bond acceptors (Lipinski definition) is 7. The molecule has 7 nitrogen and oxygen atoms in total. The Kier molecular flexibility index (Phi) is 8.78. The molecule has 6 aliphatic rings. The molecule has 0 aromatic carbocycles. The van der Waals surface area contributed by atoms with E-state index in [0.29, 0.717) is 36.0 Å². The molecule has 41 heavy (non-hydrogen) atoms. The first-order chi connectivity index (χ1) is 19.8. The van der Waals surface area contributed by atoms with E-state index in [0.717, 1.165) is 68.9 Å². The highest BCUT2D eigenvalue weighted by atomic mass is 32.2. The minimum atomic E-state index is -2.75. The predicted octanol–water partition coefficient (Wildman–Crippen LogP) is 6.20. The van der Waals surface area contributed by atoms with Gasteiger partial charge in [0.25, 0.3) is 5.91 Å². The summed E-state index contributed by atoms with van der Waals surface area (Å²) in [4.78, 5) is 33.1. The zero-order valence-electron chi connectivity index (χ0n) is 24.0. The second kappa shape index (κ2) is 12.3. The summed E-state index contributed by atoms with van der Waals surface area (Å²) in [5.41, 5.74) is -0.114. The molecule has 1 N–H and O–H groups in total. The van der Waals surface area contributed by atoms with Gasteiger partial charge in [-0.2, -0.15) is 8.78 Å². The monoisotopic (exact) mass is 591 g/mol. The number of halogens is 2. The van der Waals surface area contributed by atoms with Crippen molar-refractivity contribution in [3.05, 3.63) is 17.7 Å². The van der Waals surface area contributed by atoms with Gasteiger partial charge in [0.2, 0.25) is 0 Å². The molecule has 4 bridgehead atoms. The quantitative estimate of drug-likeness (QED) is 0.343. The number of anilines is 1. The summed E-state index contributed by atoms with van der Waals surface area (Å²) in [5.74, 6) is 1.55. The Labute approximate surface area is 245 Å². The van der Waals surface area contributed by atoms with Gasteiger partial charge in [-0.3, -0.25) is 9.59 Å². The second-order valence-corrected chi connectivity index (χ2v) is 14.5. The van der Waals surface area contributed by atoms with Crippen LogP contribution in [0.4, 0.5) is 14.6 Å². The number of alkyl halides is 2. The first-order valence-electron chi connectivity index (χ1n) is 15.6. The van der Waals surface area contributed by atoms with Crippen molar-refractivity contribution in [3.63, 3.8) is 0 Å². The fourth-order valence-electron chi connectivity index (χ4n) is 8.72. The van der Waals surface area contributed by atoms with Crippen LogP contribution in [0.2, 0.25) is 0 Å². The number of rotatable bonds is 9. The van der Waals surface area contributed by atoms with Gasteiger partial charge in [0, 0.05) is 30.8 Å². The summed E-state index contributed by atoms with van der Waals surface area (Å²) >= 11 is 1.73. The Bertz CT molecular complexity index is 1100. The van der Waals surface area contributed by atoms with Crippen molar-refractivity contribution in [1.29, 1.82) is 0 Å². The van der Waals surface area contributed by atoms with Crippen molar-refractivity contribution < 1.29 is 27.8 Å². The molecule has 0 radical (unpaired) electrons. The average molecular weight is 592 g/mol. The molecule has 0 spiro atoms. The van der Waals surface area contributed by atoms with E-state index in [9.17, 15) is 18.4 Å². The number of piperidine rings is 1. The van der Waals surface area contributed by atoms with Gasteiger partial charge in [0.05, 0.1) is 18.3 Å². The lowest BCUT2D eigenvalue weighted by molar-refractivity contribution is -0.260. The molecule has 5 aliphatic carbocycles. The van der Waals surface area contributed by atoms with Crippen molar-refractivity contribution in [3.8, 4) is 0 Å². The van der Waals surface area contributed by atoms with Crippen molar-refractivity contribution >= 4 is 29.5 Å². The minimum absolute atomic E-state index is 0.0122. The van der Waals surface area contributed by atoms with Gasteiger partial charge in [-0.25, -0.2) is 4.98 Å². The number of hydrogen-bond donors (Lipinski definition) is 1. The summed E-state index contributed by atoms with van der Waals surface area (Å²) in [6.07, 6.45) is 12.2. The number of carbonyl (C=O) groups excluding carboxylic acids is 2. The lowest BCUT2D eigenvalue weighted by atomic mass is 9.52. The number of nitrogens with zero attached hydrogens (tertiary/aromatic N) is 2. The van der Waals surface area contributed by atoms with E-state index >= 15 is 0 Å². The van der Waals surface area contributed by atoms with E-state index in [1.807, 2.05) is 12.1 Å². The lowest BCUT2D eigenvalue weighted by Gasteiger charge is -2.59. The Balaban J connectivity index is 1.20. The van der Waals surface area contributed by atoms with Gasteiger partial charge in [-0.1, -0.05) is 19.3 Å². The highest BCUT2D eigenvalue weighted by Gasteiger charge is 2.57. The largest absolute Gasteiger partial charge is 0.469 e. The van der Waals surface area contributed by atoms with Crippen LogP contribution >= 0.6 is 11.8 Å². The van der Waals surface area contributed by atoms with Gasteiger partial charge in [-0.15, -0.1) is 11.8 Å². The number of aromatic nitrogens is 1. The second-order valence-electron chi connectivity index (χ2n) is 13.2. The van der Waals surface area contributed by atoms with Crippen LogP contribution in [0.3, 0.4) is 0 Å². The average Bonchev–Trinajstić information content (AvgIpc) is 2.94. The highest BCUT2D eigenvalue weighted by Crippen LogP contribution is 2.57. The van der Waals surface area contributed by atoms with E-state index in [4.69, 9.17) is 14.5 Å². The minimum Gasteiger partial charge on any atom is -0.469 e. The van der Waals surface area contributed by atoms with Gasteiger partial charge >= 0.3 is 12.6 Å². The van der Waals surface area contributed by atoms with Gasteiger partial charge < -0.3 is 19.7 Å². The number of amides is 1. The van der Waals surface area contributed by atoms with Crippen LogP contribution < -0.4 is 10.2 Å². The molecule has 1 amide bonds. The molecule has 226 valence electrons. The Morgan fingerprint density at radius 2 is 1.85 bits per heavy atom. The van der Waals surface area contributed by atoms with Crippen LogP contribution in [0.15, 0.2) is 17.2 Å². The van der Waals surface area contributed by atoms with Gasteiger partial charge in [-0.05, 0) is 93.6 Å². The summed E-state index contributed by atoms with van der Waals surface area (Å²) in [6.45, 7) is -1.13. The van der Waals surface area contributed by atoms with E-state index < -0.39 is 12.2 Å². The third-order valence-electron chi connectivity index (χ3n) is 10.3. The number of ether oxygens (including phenoxy) is 2.